The van der Waals surface area contributed by atoms with E-state index in [0.29, 0.717) is 11.0 Å². The molecule has 0 aliphatic rings. The Hall–Kier alpha value is -3.98. The van der Waals surface area contributed by atoms with Gasteiger partial charge in [-0.1, -0.05) is 24.3 Å². The molecule has 0 aliphatic carbocycles. The maximum atomic E-state index is 11.8. The second-order valence-electron chi connectivity index (χ2n) is 5.83. The molecule has 3 N–H and O–H groups in total. The van der Waals surface area contributed by atoms with Gasteiger partial charge in [0.2, 0.25) is 0 Å². The maximum Gasteiger partial charge on any atom is 0.270 e. The second-order valence-corrected chi connectivity index (χ2v) is 5.83. The molecule has 0 unspecified atom stereocenters. The summed E-state index contributed by atoms with van der Waals surface area (Å²) < 4.78 is 1.71. The van der Waals surface area contributed by atoms with Crippen LogP contribution in [0.4, 0.5) is 0 Å². The number of hydrogen-bond acceptors (Lipinski definition) is 4. The fourth-order valence-corrected chi connectivity index (χ4v) is 2.97. The molecule has 4 rings (SSSR count). The molecule has 2 aromatic carbocycles. The number of benzene rings is 2. The number of aromatic hydroxyl groups is 2. The average molecular weight is 343 g/mol. The van der Waals surface area contributed by atoms with Gasteiger partial charge in [0.25, 0.3) is 5.56 Å². The van der Waals surface area contributed by atoms with Crippen molar-refractivity contribution in [1.29, 1.82) is 5.26 Å². The fourth-order valence-electron chi connectivity index (χ4n) is 2.97. The topological polar surface area (TPSA) is 102 Å². The molecule has 0 aliphatic heterocycles. The highest BCUT2D eigenvalue weighted by molar-refractivity contribution is 5.86. The molecule has 2 aromatic heterocycles. The zero-order chi connectivity index (χ0) is 18.3. The van der Waals surface area contributed by atoms with Crippen LogP contribution in [0.25, 0.3) is 27.8 Å². The van der Waals surface area contributed by atoms with Gasteiger partial charge in [-0.25, -0.2) is 0 Å². The van der Waals surface area contributed by atoms with Crippen molar-refractivity contribution in [2.45, 2.75) is 0 Å². The number of nitrogens with one attached hydrogen (secondary N) is 1. The molecule has 0 saturated carbocycles. The SMILES string of the molecule is N#Cc1c(O)c2c(ccn2-c2ccc(-c3ccc(O)cc3)cc2)[nH]c1=O. The summed E-state index contributed by atoms with van der Waals surface area (Å²) in [5, 5.41) is 28.8. The third-order valence-corrected chi connectivity index (χ3v) is 4.28. The minimum absolute atomic E-state index is 0.210. The Morgan fingerprint density at radius 3 is 2.15 bits per heavy atom. The van der Waals surface area contributed by atoms with E-state index in [0.717, 1.165) is 16.8 Å². The minimum Gasteiger partial charge on any atom is -0.508 e. The van der Waals surface area contributed by atoms with Crippen LogP contribution in [0.5, 0.6) is 11.5 Å². The molecule has 0 amide bonds. The van der Waals surface area contributed by atoms with Gasteiger partial charge in [-0.15, -0.1) is 0 Å². The van der Waals surface area contributed by atoms with Gasteiger partial charge in [0.1, 0.15) is 17.3 Å². The second kappa shape index (κ2) is 5.83. The summed E-state index contributed by atoms with van der Waals surface area (Å²) in [4.78, 5) is 14.4. The number of nitriles is 1. The van der Waals surface area contributed by atoms with Crippen LogP contribution in [0.2, 0.25) is 0 Å². The van der Waals surface area contributed by atoms with Crippen LogP contribution in [0, 0.1) is 11.3 Å². The number of fused-ring (bicyclic) bond motifs is 1. The number of pyridine rings is 1. The Labute approximate surface area is 147 Å². The summed E-state index contributed by atoms with van der Waals surface area (Å²) in [6.45, 7) is 0. The summed E-state index contributed by atoms with van der Waals surface area (Å²) in [6, 6.07) is 17.9. The van der Waals surface area contributed by atoms with E-state index in [2.05, 4.69) is 4.98 Å². The molecule has 4 aromatic rings. The normalized spacial score (nSPS) is 10.7. The molecule has 6 heteroatoms. The third-order valence-electron chi connectivity index (χ3n) is 4.28. The summed E-state index contributed by atoms with van der Waals surface area (Å²) >= 11 is 0. The van der Waals surface area contributed by atoms with Crippen LogP contribution >= 0.6 is 0 Å². The summed E-state index contributed by atoms with van der Waals surface area (Å²) in [7, 11) is 0. The molecular formula is C20H13N3O3. The van der Waals surface area contributed by atoms with E-state index in [9.17, 15) is 15.0 Å². The molecule has 0 atom stereocenters. The lowest BCUT2D eigenvalue weighted by molar-refractivity contribution is 0.475. The lowest BCUT2D eigenvalue weighted by atomic mass is 10.1. The third kappa shape index (κ3) is 2.39. The van der Waals surface area contributed by atoms with Gasteiger partial charge in [0, 0.05) is 11.9 Å². The number of H-pyrrole nitrogens is 1. The number of phenolic OH excluding ortho intramolecular Hbond substituents is 1. The monoisotopic (exact) mass is 343 g/mol. The molecule has 6 nitrogen and oxygen atoms in total. The van der Waals surface area contributed by atoms with Crippen molar-refractivity contribution in [3.05, 3.63) is 76.7 Å². The van der Waals surface area contributed by atoms with Crippen LogP contribution in [-0.4, -0.2) is 19.8 Å². The van der Waals surface area contributed by atoms with Crippen LogP contribution in [0.1, 0.15) is 5.56 Å². The minimum atomic E-state index is -0.613. The molecule has 0 bridgehead atoms. The lowest BCUT2D eigenvalue weighted by Gasteiger charge is -2.09. The maximum absolute atomic E-state index is 11.8. The first kappa shape index (κ1) is 15.5. The number of rotatable bonds is 2. The predicted octanol–water partition coefficient (Wildman–Crippen LogP) is 3.27. The van der Waals surface area contributed by atoms with Crippen molar-refractivity contribution >= 4 is 11.0 Å². The van der Waals surface area contributed by atoms with Crippen LogP contribution in [0.3, 0.4) is 0 Å². The van der Waals surface area contributed by atoms with Crippen molar-refractivity contribution in [2.75, 3.05) is 0 Å². The first-order valence-corrected chi connectivity index (χ1v) is 7.85. The zero-order valence-corrected chi connectivity index (χ0v) is 13.5. The lowest BCUT2D eigenvalue weighted by Crippen LogP contribution is -2.10. The highest BCUT2D eigenvalue weighted by atomic mass is 16.3. The van der Waals surface area contributed by atoms with E-state index in [-0.39, 0.29) is 17.1 Å². The van der Waals surface area contributed by atoms with Gasteiger partial charge >= 0.3 is 0 Å². The van der Waals surface area contributed by atoms with Crippen molar-refractivity contribution in [2.24, 2.45) is 0 Å². The molecule has 26 heavy (non-hydrogen) atoms. The molecule has 2 heterocycles. The van der Waals surface area contributed by atoms with Crippen molar-refractivity contribution in [3.63, 3.8) is 0 Å². The quantitative estimate of drug-likeness (QED) is 0.520. The highest BCUT2D eigenvalue weighted by Gasteiger charge is 2.15. The van der Waals surface area contributed by atoms with Crippen molar-refractivity contribution < 1.29 is 10.2 Å². The number of hydrogen-bond donors (Lipinski definition) is 3. The van der Waals surface area contributed by atoms with E-state index >= 15 is 0 Å². The molecule has 0 radical (unpaired) electrons. The number of nitrogens with zero attached hydrogens (tertiary/aromatic N) is 2. The Kier molecular flexibility index (Phi) is 3.48. The molecule has 126 valence electrons. The van der Waals surface area contributed by atoms with E-state index in [1.807, 2.05) is 36.4 Å². The van der Waals surface area contributed by atoms with Crippen LogP contribution in [0.15, 0.2) is 65.6 Å². The van der Waals surface area contributed by atoms with Crippen LogP contribution in [-0.2, 0) is 0 Å². The number of aromatic amines is 1. The van der Waals surface area contributed by atoms with Gasteiger partial charge in [-0.05, 0) is 41.5 Å². The van der Waals surface area contributed by atoms with E-state index in [4.69, 9.17) is 5.26 Å². The standard InChI is InChI=1S/C20H13N3O3/c21-11-16-19(25)18-17(22-20(16)26)9-10-23(18)14-5-1-12(2-6-14)13-3-7-15(24)8-4-13/h1-10,24H,(H2,22,25,26). The Morgan fingerprint density at radius 2 is 1.54 bits per heavy atom. The largest absolute Gasteiger partial charge is 0.508 e. The Morgan fingerprint density at radius 1 is 0.923 bits per heavy atom. The smallest absolute Gasteiger partial charge is 0.270 e. The van der Waals surface area contributed by atoms with E-state index in [1.165, 1.54) is 0 Å². The first-order chi connectivity index (χ1) is 12.6. The zero-order valence-electron chi connectivity index (χ0n) is 13.5. The summed E-state index contributed by atoms with van der Waals surface area (Å²) in [5.74, 6) is -0.124. The van der Waals surface area contributed by atoms with Gasteiger partial charge in [0.15, 0.2) is 11.3 Å². The molecule has 0 saturated heterocycles. The summed E-state index contributed by atoms with van der Waals surface area (Å²) in [6.07, 6.45) is 1.72. The Balaban J connectivity index is 1.82. The van der Waals surface area contributed by atoms with Gasteiger partial charge in [-0.2, -0.15) is 5.26 Å². The van der Waals surface area contributed by atoms with Crippen molar-refractivity contribution in [3.8, 4) is 34.4 Å². The van der Waals surface area contributed by atoms with E-state index < -0.39 is 5.56 Å². The molecule has 0 fully saturated rings. The average Bonchev–Trinajstić information content (AvgIpc) is 3.07. The van der Waals surface area contributed by atoms with Gasteiger partial charge in [-0.3, -0.25) is 4.79 Å². The number of phenols is 1. The molecule has 0 spiro atoms. The summed E-state index contributed by atoms with van der Waals surface area (Å²) in [5.41, 5.74) is 2.61. The predicted molar refractivity (Wildman–Crippen MR) is 97.4 cm³/mol. The van der Waals surface area contributed by atoms with E-state index in [1.54, 1.807) is 35.0 Å². The highest BCUT2D eigenvalue weighted by Crippen LogP contribution is 2.29. The van der Waals surface area contributed by atoms with Crippen LogP contribution < -0.4 is 5.56 Å². The number of aromatic nitrogens is 2. The Bertz CT molecular complexity index is 1210. The molecular weight excluding hydrogens is 330 g/mol. The first-order valence-electron chi connectivity index (χ1n) is 7.85. The van der Waals surface area contributed by atoms with Crippen molar-refractivity contribution in [1.82, 2.24) is 9.55 Å². The van der Waals surface area contributed by atoms with Gasteiger partial charge in [0.05, 0.1) is 5.52 Å². The van der Waals surface area contributed by atoms with Gasteiger partial charge < -0.3 is 19.8 Å². The fraction of sp³-hybridized carbons (Fsp3) is 0.